The molecule has 246 valence electrons. The number of carboxylic acid groups (broad SMARTS) is 1. The first kappa shape index (κ1) is 33.3. The molecular weight excluding hydrogens is 635 g/mol. The highest BCUT2D eigenvalue weighted by Gasteiger charge is 2.35. The Balaban J connectivity index is 1.46. The molecule has 0 saturated carbocycles. The fraction of sp³-hybridized carbons (Fsp3) is 0.378. The van der Waals surface area contributed by atoms with E-state index in [1.807, 2.05) is 36.2 Å². The molecular formula is C37H40F2N4O2S2. The first-order valence-electron chi connectivity index (χ1n) is 16.0. The number of aryl methyl sites for hydroxylation is 3. The summed E-state index contributed by atoms with van der Waals surface area (Å²) in [6.45, 7) is 6.72. The van der Waals surface area contributed by atoms with Crippen LogP contribution in [0.4, 0.5) is 8.78 Å². The van der Waals surface area contributed by atoms with E-state index in [1.54, 1.807) is 29.9 Å². The Bertz CT molecular complexity index is 1940. The maximum absolute atomic E-state index is 15.7. The van der Waals surface area contributed by atoms with E-state index in [0.29, 0.717) is 39.8 Å². The van der Waals surface area contributed by atoms with Crippen molar-refractivity contribution in [2.24, 2.45) is 12.5 Å². The molecule has 0 fully saturated rings. The predicted molar refractivity (Wildman–Crippen MR) is 186 cm³/mol. The molecule has 0 spiro atoms. The number of hydrogen-bond donors (Lipinski definition) is 2. The molecule has 6 nitrogen and oxygen atoms in total. The van der Waals surface area contributed by atoms with E-state index in [4.69, 9.17) is 10.1 Å². The Kier molecular flexibility index (Phi) is 9.54. The molecule has 0 saturated heterocycles. The molecule has 10 heteroatoms. The lowest BCUT2D eigenvalue weighted by atomic mass is 9.75. The van der Waals surface area contributed by atoms with Gasteiger partial charge in [-0.3, -0.25) is 4.79 Å². The van der Waals surface area contributed by atoms with E-state index in [2.05, 4.69) is 37.9 Å². The van der Waals surface area contributed by atoms with Crippen molar-refractivity contribution in [3.8, 4) is 11.4 Å². The number of carboxylic acids is 1. The van der Waals surface area contributed by atoms with Gasteiger partial charge in [0.15, 0.2) is 11.6 Å². The zero-order valence-corrected chi connectivity index (χ0v) is 28.8. The van der Waals surface area contributed by atoms with Crippen molar-refractivity contribution in [3.63, 3.8) is 0 Å². The Labute approximate surface area is 282 Å². The van der Waals surface area contributed by atoms with E-state index in [9.17, 15) is 9.90 Å². The van der Waals surface area contributed by atoms with Gasteiger partial charge in [0, 0.05) is 35.5 Å². The monoisotopic (exact) mass is 674 g/mol. The van der Waals surface area contributed by atoms with Crippen molar-refractivity contribution in [1.82, 2.24) is 19.7 Å². The molecule has 1 aliphatic heterocycles. The quantitative estimate of drug-likeness (QED) is 0.198. The molecule has 0 aliphatic carbocycles. The van der Waals surface area contributed by atoms with Gasteiger partial charge in [0.25, 0.3) is 0 Å². The molecule has 6 rings (SSSR count). The van der Waals surface area contributed by atoms with Gasteiger partial charge in [0.2, 0.25) is 0 Å². The summed E-state index contributed by atoms with van der Waals surface area (Å²) >= 11 is 3.21. The maximum Gasteiger partial charge on any atom is 0.303 e. The van der Waals surface area contributed by atoms with Crippen LogP contribution in [0.3, 0.4) is 0 Å². The van der Waals surface area contributed by atoms with Crippen LogP contribution in [0.2, 0.25) is 0 Å². The standard InChI is InChI=1S/C37H40F2N4O2S2/c1-36(2)15-6-16-37(3,24-8-5-7-23(19-24)9-12-32(44)45)35-41-34(43(4)42-35)28-20-25(10-11-29(28)38)47-33-27(14-18-46-22-36)26-13-17-40-31(26)21-30(33)39/h5,7-8,10-11,13,17,19-21,40H,6,9,12,14-16,18,22H2,1-4H3,(H,44,45)/t37-/m1/s1. The third-order valence-electron chi connectivity index (χ3n) is 9.23. The minimum atomic E-state index is -0.833. The second-order valence-electron chi connectivity index (χ2n) is 13.5. The summed E-state index contributed by atoms with van der Waals surface area (Å²) in [6, 6.07) is 16.4. The summed E-state index contributed by atoms with van der Waals surface area (Å²) in [6.07, 6.45) is 5.70. The van der Waals surface area contributed by atoms with Crippen molar-refractivity contribution >= 4 is 40.4 Å². The summed E-state index contributed by atoms with van der Waals surface area (Å²) < 4.78 is 32.9. The van der Waals surface area contributed by atoms with Gasteiger partial charge >= 0.3 is 5.97 Å². The number of H-pyrrole nitrogens is 1. The number of aromatic nitrogens is 4. The maximum atomic E-state index is 15.7. The van der Waals surface area contributed by atoms with Gasteiger partial charge in [-0.1, -0.05) is 56.3 Å². The van der Waals surface area contributed by atoms with Crippen LogP contribution in [-0.4, -0.2) is 42.3 Å². The average Bonchev–Trinajstić information content (AvgIpc) is 3.66. The summed E-state index contributed by atoms with van der Waals surface area (Å²) in [4.78, 5) is 20.7. The topological polar surface area (TPSA) is 83.8 Å². The Hall–Kier alpha value is -3.63. The number of hydrogen-bond acceptors (Lipinski definition) is 5. The van der Waals surface area contributed by atoms with Crippen molar-refractivity contribution in [3.05, 3.63) is 94.9 Å². The van der Waals surface area contributed by atoms with E-state index in [1.165, 1.54) is 17.8 Å². The molecule has 3 heterocycles. The number of benzene rings is 3. The average molecular weight is 675 g/mol. The van der Waals surface area contributed by atoms with Crippen LogP contribution in [-0.2, 0) is 30.1 Å². The second kappa shape index (κ2) is 13.5. The first-order valence-corrected chi connectivity index (χ1v) is 18.0. The van der Waals surface area contributed by atoms with Crippen molar-refractivity contribution < 1.29 is 18.7 Å². The van der Waals surface area contributed by atoms with Crippen LogP contribution < -0.4 is 0 Å². The number of carbonyl (C=O) groups is 1. The largest absolute Gasteiger partial charge is 0.481 e. The van der Waals surface area contributed by atoms with Gasteiger partial charge in [-0.25, -0.2) is 18.4 Å². The number of halogens is 2. The SMILES string of the molecule is Cn1nc2nc1-c1cc(ccc1F)Sc1c(F)cc3[nH]ccc3c1CCSCC(C)(C)CCC[C@]2(C)c1cccc(CCC(=O)O)c1. The minimum absolute atomic E-state index is 0.0517. The predicted octanol–water partition coefficient (Wildman–Crippen LogP) is 9.20. The van der Waals surface area contributed by atoms with E-state index in [0.717, 1.165) is 58.4 Å². The van der Waals surface area contributed by atoms with Crippen LogP contribution in [0.25, 0.3) is 22.3 Å². The van der Waals surface area contributed by atoms with Crippen LogP contribution in [0.15, 0.2) is 70.6 Å². The lowest BCUT2D eigenvalue weighted by molar-refractivity contribution is -0.136. The molecule has 2 aromatic heterocycles. The van der Waals surface area contributed by atoms with Crippen molar-refractivity contribution in [2.75, 3.05) is 11.5 Å². The van der Waals surface area contributed by atoms with Crippen molar-refractivity contribution in [2.45, 2.75) is 74.5 Å². The van der Waals surface area contributed by atoms with Crippen LogP contribution in [0.5, 0.6) is 0 Å². The van der Waals surface area contributed by atoms with Gasteiger partial charge in [0.05, 0.1) is 15.9 Å². The van der Waals surface area contributed by atoms with Crippen LogP contribution in [0.1, 0.15) is 69.0 Å². The van der Waals surface area contributed by atoms with Crippen LogP contribution in [0, 0.1) is 17.0 Å². The summed E-state index contributed by atoms with van der Waals surface area (Å²) in [5.74, 6) is 1.25. The molecule has 5 aromatic rings. The zero-order valence-electron chi connectivity index (χ0n) is 27.2. The van der Waals surface area contributed by atoms with E-state index >= 15 is 8.78 Å². The van der Waals surface area contributed by atoms with E-state index in [-0.39, 0.29) is 17.7 Å². The molecule has 0 radical (unpaired) electrons. The Morgan fingerprint density at radius 3 is 2.70 bits per heavy atom. The van der Waals surface area contributed by atoms with E-state index < -0.39 is 17.2 Å². The third kappa shape index (κ3) is 7.14. The highest BCUT2D eigenvalue weighted by Crippen LogP contribution is 2.42. The molecule has 1 atom stereocenters. The van der Waals surface area contributed by atoms with Gasteiger partial charge in [-0.2, -0.15) is 16.9 Å². The number of aliphatic carboxylic acids is 1. The zero-order chi connectivity index (χ0) is 33.3. The fourth-order valence-electron chi connectivity index (χ4n) is 6.51. The molecule has 3 aromatic carbocycles. The summed E-state index contributed by atoms with van der Waals surface area (Å²) in [7, 11) is 1.77. The molecule has 4 bridgehead atoms. The normalized spacial score (nSPS) is 18.8. The minimum Gasteiger partial charge on any atom is -0.481 e. The summed E-state index contributed by atoms with van der Waals surface area (Å²) in [5, 5.41) is 15.2. The second-order valence-corrected chi connectivity index (χ2v) is 15.7. The van der Waals surface area contributed by atoms with Gasteiger partial charge in [-0.15, -0.1) is 0 Å². The molecule has 0 unspecified atom stereocenters. The number of nitrogens with one attached hydrogen (secondary N) is 1. The third-order valence-corrected chi connectivity index (χ3v) is 11.8. The van der Waals surface area contributed by atoms with Crippen LogP contribution >= 0.6 is 23.5 Å². The number of nitrogens with zero attached hydrogens (tertiary/aromatic N) is 3. The fourth-order valence-corrected chi connectivity index (χ4v) is 8.74. The lowest BCUT2D eigenvalue weighted by Gasteiger charge is -2.30. The number of aromatic amines is 1. The molecule has 1 aliphatic rings. The van der Waals surface area contributed by atoms with Gasteiger partial charge in [0.1, 0.15) is 11.6 Å². The number of rotatable bonds is 4. The highest BCUT2D eigenvalue weighted by molar-refractivity contribution is 7.99. The molecule has 47 heavy (non-hydrogen) atoms. The molecule has 0 amide bonds. The lowest BCUT2D eigenvalue weighted by Crippen LogP contribution is -2.27. The smallest absolute Gasteiger partial charge is 0.303 e. The highest BCUT2D eigenvalue weighted by atomic mass is 32.2. The number of thioether (sulfide) groups is 1. The van der Waals surface area contributed by atoms with Crippen molar-refractivity contribution in [1.29, 1.82) is 0 Å². The number of fused-ring (bicyclic) bond motifs is 8. The van der Waals surface area contributed by atoms with Gasteiger partial charge in [-0.05, 0) is 96.5 Å². The summed E-state index contributed by atoms with van der Waals surface area (Å²) in [5.41, 5.74) is 3.45. The first-order chi connectivity index (χ1) is 22.4. The Morgan fingerprint density at radius 1 is 1.06 bits per heavy atom. The Morgan fingerprint density at radius 2 is 1.89 bits per heavy atom. The van der Waals surface area contributed by atoms with Gasteiger partial charge < -0.3 is 10.1 Å². The molecule has 2 N–H and O–H groups in total.